The lowest BCUT2D eigenvalue weighted by molar-refractivity contribution is -0.343. The molecule has 25 heavy (non-hydrogen) atoms. The van der Waals surface area contributed by atoms with Gasteiger partial charge in [0, 0.05) is 6.92 Å². The van der Waals surface area contributed by atoms with E-state index in [-0.39, 0.29) is 13.2 Å². The number of amides is 2. The molecule has 0 radical (unpaired) electrons. The number of hydrogen-bond acceptors (Lipinski definition) is 8. The topological polar surface area (TPSA) is 161 Å². The first-order valence-corrected chi connectivity index (χ1v) is 7.65. The molecule has 0 aromatic rings. The second-order valence-corrected chi connectivity index (χ2v) is 5.10. The lowest BCUT2D eigenvalue weighted by Crippen LogP contribution is -2.62. The molecule has 4 atom stereocenters. The van der Waals surface area contributed by atoms with Gasteiger partial charge in [0.05, 0.1) is 25.3 Å². The van der Waals surface area contributed by atoms with Gasteiger partial charge in [0.15, 0.2) is 12.2 Å². The highest BCUT2D eigenvalue weighted by atomic mass is 17.0. The monoisotopic (exact) mass is 361 g/mol. The summed E-state index contributed by atoms with van der Waals surface area (Å²) in [6.07, 6.45) is -2.27. The van der Waals surface area contributed by atoms with Gasteiger partial charge in [-0.05, 0) is 19.9 Å². The molecule has 0 aromatic carbocycles. The Bertz CT molecular complexity index is 532. The molecule has 1 heterocycles. The van der Waals surface area contributed by atoms with Crippen molar-refractivity contribution in [2.75, 3.05) is 13.2 Å². The Morgan fingerprint density at radius 2 is 1.92 bits per heavy atom. The number of carboxylic acid groups (broad SMARTS) is 1. The summed E-state index contributed by atoms with van der Waals surface area (Å²) in [5.74, 6) is -3.48. The molecule has 2 amide bonds. The molecule has 0 fully saturated rings. The van der Waals surface area contributed by atoms with Crippen molar-refractivity contribution < 1.29 is 39.0 Å². The molecule has 0 aliphatic carbocycles. The van der Waals surface area contributed by atoms with Crippen molar-refractivity contribution in [3.8, 4) is 0 Å². The Hall–Kier alpha value is -2.21. The van der Waals surface area contributed by atoms with Crippen molar-refractivity contribution >= 4 is 17.8 Å². The number of nitrogens with one attached hydrogen (secondary N) is 1. The average Bonchev–Trinajstić information content (AvgIpc) is 2.54. The first kappa shape index (κ1) is 20.8. The van der Waals surface area contributed by atoms with Crippen LogP contribution in [0.25, 0.3) is 0 Å². The van der Waals surface area contributed by atoms with Crippen LogP contribution in [0.2, 0.25) is 0 Å². The standard InChI is InChI=1S/C14H23N3O8/c1-4-23-17(24-5-2)13(20)11(19)12-10(16-7(3)18)8(15)6-9(25-12)14(21)22/h6,8,10-12,19H,4-5,15H2,1-3H3,(H,16,18)(H,21,22)/t8-,10+,11-,12+/m0/s1. The molecule has 11 heteroatoms. The predicted octanol–water partition coefficient (Wildman–Crippen LogP) is -1.72. The van der Waals surface area contributed by atoms with E-state index in [0.29, 0.717) is 5.23 Å². The van der Waals surface area contributed by atoms with Crippen LogP contribution in [0.3, 0.4) is 0 Å². The molecule has 142 valence electrons. The van der Waals surface area contributed by atoms with Crippen LogP contribution < -0.4 is 11.1 Å². The van der Waals surface area contributed by atoms with Crippen LogP contribution in [0.15, 0.2) is 11.8 Å². The highest BCUT2D eigenvalue weighted by Gasteiger charge is 2.44. The molecule has 0 spiro atoms. The average molecular weight is 361 g/mol. The van der Waals surface area contributed by atoms with Crippen LogP contribution >= 0.6 is 0 Å². The van der Waals surface area contributed by atoms with E-state index >= 15 is 0 Å². The molecule has 0 saturated heterocycles. The number of carboxylic acids is 1. The molecule has 1 aliphatic heterocycles. The molecule has 0 unspecified atom stereocenters. The Balaban J connectivity index is 3.09. The fourth-order valence-corrected chi connectivity index (χ4v) is 2.20. The molecule has 11 nitrogen and oxygen atoms in total. The van der Waals surface area contributed by atoms with E-state index < -0.39 is 47.8 Å². The maximum Gasteiger partial charge on any atom is 0.370 e. The van der Waals surface area contributed by atoms with Crippen molar-refractivity contribution in [3.05, 3.63) is 11.8 Å². The van der Waals surface area contributed by atoms with Gasteiger partial charge in [-0.15, -0.1) is 0 Å². The highest BCUT2D eigenvalue weighted by Crippen LogP contribution is 2.21. The van der Waals surface area contributed by atoms with E-state index in [1.807, 2.05) is 0 Å². The molecule has 0 bridgehead atoms. The molecule has 5 N–H and O–H groups in total. The number of aliphatic carboxylic acids is 1. The number of aliphatic hydroxyl groups excluding tert-OH is 1. The number of carbonyl (C=O) groups is 3. The number of hydroxylamine groups is 2. The van der Waals surface area contributed by atoms with Gasteiger partial charge in [0.1, 0.15) is 0 Å². The summed E-state index contributed by atoms with van der Waals surface area (Å²) >= 11 is 0. The van der Waals surface area contributed by atoms with Crippen molar-refractivity contribution in [1.29, 1.82) is 0 Å². The normalized spacial score (nSPS) is 23.9. The third kappa shape index (κ3) is 5.39. The van der Waals surface area contributed by atoms with Crippen molar-refractivity contribution in [2.24, 2.45) is 5.73 Å². The zero-order valence-electron chi connectivity index (χ0n) is 14.2. The summed E-state index contributed by atoms with van der Waals surface area (Å²) in [6.45, 7) is 4.58. The van der Waals surface area contributed by atoms with E-state index in [2.05, 4.69) is 5.32 Å². The Morgan fingerprint density at radius 1 is 1.36 bits per heavy atom. The minimum absolute atomic E-state index is 0.0822. The number of ether oxygens (including phenoxy) is 1. The van der Waals surface area contributed by atoms with Crippen LogP contribution in [0.1, 0.15) is 20.8 Å². The lowest BCUT2D eigenvalue weighted by atomic mass is 9.94. The van der Waals surface area contributed by atoms with E-state index in [1.54, 1.807) is 13.8 Å². The van der Waals surface area contributed by atoms with Crippen LogP contribution in [0, 0.1) is 0 Å². The van der Waals surface area contributed by atoms with Gasteiger partial charge in [-0.25, -0.2) is 14.5 Å². The summed E-state index contributed by atoms with van der Waals surface area (Å²) in [5, 5.41) is 22.4. The zero-order valence-corrected chi connectivity index (χ0v) is 14.2. The number of hydrogen-bond donors (Lipinski definition) is 4. The van der Waals surface area contributed by atoms with Crippen LogP contribution in [0.4, 0.5) is 0 Å². The second kappa shape index (κ2) is 9.32. The van der Waals surface area contributed by atoms with Gasteiger partial charge in [-0.2, -0.15) is 0 Å². The number of rotatable bonds is 8. The summed E-state index contributed by atoms with van der Waals surface area (Å²) in [6, 6.07) is -2.03. The summed E-state index contributed by atoms with van der Waals surface area (Å²) in [5.41, 5.74) is 5.84. The molecule has 0 saturated carbocycles. The first-order valence-electron chi connectivity index (χ1n) is 7.65. The SMILES string of the molecule is CCON(OCC)C(=O)[C@@H](O)[C@@H]1OC(C(=O)O)=C[C@H](N)[C@H]1NC(C)=O. The fraction of sp³-hybridized carbons (Fsp3) is 0.643. The number of nitrogens with zero attached hydrogens (tertiary/aromatic N) is 1. The molecular formula is C14H23N3O8. The number of carbonyl (C=O) groups excluding carboxylic acids is 2. The fourth-order valence-electron chi connectivity index (χ4n) is 2.20. The zero-order chi connectivity index (χ0) is 19.1. The van der Waals surface area contributed by atoms with Crippen LogP contribution in [0.5, 0.6) is 0 Å². The van der Waals surface area contributed by atoms with E-state index in [0.717, 1.165) is 6.08 Å². The van der Waals surface area contributed by atoms with Gasteiger partial charge < -0.3 is 26.0 Å². The minimum Gasteiger partial charge on any atom is -0.478 e. The molecular weight excluding hydrogens is 338 g/mol. The summed E-state index contributed by atoms with van der Waals surface area (Å²) in [7, 11) is 0. The summed E-state index contributed by atoms with van der Waals surface area (Å²) < 4.78 is 5.18. The van der Waals surface area contributed by atoms with E-state index in [4.69, 9.17) is 25.3 Å². The van der Waals surface area contributed by atoms with Gasteiger partial charge in [-0.3, -0.25) is 9.59 Å². The van der Waals surface area contributed by atoms with E-state index in [1.165, 1.54) is 6.92 Å². The smallest absolute Gasteiger partial charge is 0.370 e. The van der Waals surface area contributed by atoms with Crippen LogP contribution in [-0.2, 0) is 28.8 Å². The van der Waals surface area contributed by atoms with Gasteiger partial charge in [-0.1, -0.05) is 5.23 Å². The Morgan fingerprint density at radius 3 is 2.36 bits per heavy atom. The highest BCUT2D eigenvalue weighted by molar-refractivity contribution is 5.85. The van der Waals surface area contributed by atoms with Gasteiger partial charge in [0.25, 0.3) is 0 Å². The van der Waals surface area contributed by atoms with Gasteiger partial charge in [0.2, 0.25) is 11.7 Å². The first-order chi connectivity index (χ1) is 11.7. The van der Waals surface area contributed by atoms with Gasteiger partial charge >= 0.3 is 11.9 Å². The quantitative estimate of drug-likeness (QED) is 0.368. The third-order valence-corrected chi connectivity index (χ3v) is 3.19. The van der Waals surface area contributed by atoms with Crippen molar-refractivity contribution in [3.63, 3.8) is 0 Å². The molecule has 1 aliphatic rings. The van der Waals surface area contributed by atoms with Crippen molar-refractivity contribution in [2.45, 2.75) is 45.1 Å². The summed E-state index contributed by atoms with van der Waals surface area (Å²) in [4.78, 5) is 44.8. The maximum atomic E-state index is 12.4. The number of nitrogens with two attached hydrogens (primary N) is 1. The Kier molecular flexibility index (Phi) is 7.77. The minimum atomic E-state index is -1.90. The lowest BCUT2D eigenvalue weighted by Gasteiger charge is -2.37. The predicted molar refractivity (Wildman–Crippen MR) is 82.3 cm³/mol. The largest absolute Gasteiger partial charge is 0.478 e. The van der Waals surface area contributed by atoms with Crippen LogP contribution in [-0.4, -0.2) is 70.7 Å². The molecule has 0 aromatic heterocycles. The molecule has 1 rings (SSSR count). The van der Waals surface area contributed by atoms with E-state index in [9.17, 15) is 19.5 Å². The third-order valence-electron chi connectivity index (χ3n) is 3.19. The Labute approximate surface area is 144 Å². The maximum absolute atomic E-state index is 12.4. The number of aliphatic hydroxyl groups is 1. The second-order valence-electron chi connectivity index (χ2n) is 5.10. The van der Waals surface area contributed by atoms with Crippen molar-refractivity contribution in [1.82, 2.24) is 10.5 Å².